The fourth-order valence-corrected chi connectivity index (χ4v) is 3.08. The largest absolute Gasteiger partial charge is 0.299 e. The Balaban J connectivity index is 0.00000162. The summed E-state index contributed by atoms with van der Waals surface area (Å²) in [6, 6.07) is 8.71. The first-order chi connectivity index (χ1) is 8.29. The minimum Gasteiger partial charge on any atom is -0.299 e. The van der Waals surface area contributed by atoms with Gasteiger partial charge in [0.05, 0.1) is 0 Å². The number of fused-ring (bicyclic) bond motifs is 1. The average Bonchev–Trinajstić information content (AvgIpc) is 2.38. The van der Waals surface area contributed by atoms with Crippen LogP contribution in [0.5, 0.6) is 0 Å². The van der Waals surface area contributed by atoms with Gasteiger partial charge in [0.1, 0.15) is 0 Å². The summed E-state index contributed by atoms with van der Waals surface area (Å²) in [7, 11) is -0.603. The minimum atomic E-state index is -0.603. The number of benzene rings is 1. The van der Waals surface area contributed by atoms with Crippen molar-refractivity contribution in [2.45, 2.75) is 26.3 Å². The fourth-order valence-electron chi connectivity index (χ4n) is 2.34. The van der Waals surface area contributed by atoms with Crippen LogP contribution < -0.4 is 0 Å². The number of hydrogen-bond donors (Lipinski definition) is 0. The topological polar surface area (TPSA) is 20.3 Å². The maximum Gasteiger partial charge on any atom is 0.0246 e. The van der Waals surface area contributed by atoms with E-state index in [1.807, 2.05) is 6.92 Å². The molecule has 0 aliphatic carbocycles. The van der Waals surface area contributed by atoms with Gasteiger partial charge in [0, 0.05) is 35.4 Å². The lowest BCUT2D eigenvalue weighted by Crippen LogP contribution is -2.31. The second-order valence-electron chi connectivity index (χ2n) is 4.58. The van der Waals surface area contributed by atoms with E-state index in [1.165, 1.54) is 11.1 Å². The van der Waals surface area contributed by atoms with Crippen molar-refractivity contribution in [1.82, 2.24) is 4.90 Å². The smallest absolute Gasteiger partial charge is 0.0246 e. The molecule has 4 heteroatoms. The molecule has 0 radical (unpaired) electrons. The number of halogens is 1. The van der Waals surface area contributed by atoms with Crippen LogP contribution in [0.15, 0.2) is 24.3 Å². The molecule has 18 heavy (non-hydrogen) atoms. The molecule has 2 rings (SSSR count). The molecule has 1 aliphatic rings. The standard InChI is InChI=1S/C14H21NOS.ClH/c1-2-17(16)11-5-9-15-10-8-13-6-3-4-7-14(13)12-15;/h3-4,6-7H,2,5,8-12H2,1H3;1H. The molecular weight excluding hydrogens is 266 g/mol. The average molecular weight is 288 g/mol. The normalized spacial score (nSPS) is 16.7. The van der Waals surface area contributed by atoms with E-state index >= 15 is 0 Å². The summed E-state index contributed by atoms with van der Waals surface area (Å²) >= 11 is 0. The first-order valence-corrected chi connectivity index (χ1v) is 7.92. The van der Waals surface area contributed by atoms with Gasteiger partial charge in [0.15, 0.2) is 0 Å². The van der Waals surface area contributed by atoms with E-state index in [0.717, 1.165) is 44.0 Å². The predicted octanol–water partition coefficient (Wildman–Crippen LogP) is 2.63. The summed E-state index contributed by atoms with van der Waals surface area (Å²) in [5.41, 5.74) is 2.97. The van der Waals surface area contributed by atoms with E-state index in [1.54, 1.807) is 0 Å². The lowest BCUT2D eigenvalue weighted by molar-refractivity contribution is 0.255. The Morgan fingerprint density at radius 2 is 2.00 bits per heavy atom. The maximum absolute atomic E-state index is 11.3. The molecule has 0 fully saturated rings. The van der Waals surface area contributed by atoms with Gasteiger partial charge < -0.3 is 0 Å². The highest BCUT2D eigenvalue weighted by molar-refractivity contribution is 7.84. The molecule has 0 saturated carbocycles. The van der Waals surface area contributed by atoms with Crippen molar-refractivity contribution >= 4 is 23.2 Å². The minimum absolute atomic E-state index is 0. The Hall–Kier alpha value is -0.380. The Kier molecular flexibility index (Phi) is 6.90. The Morgan fingerprint density at radius 3 is 2.72 bits per heavy atom. The van der Waals surface area contributed by atoms with Crippen LogP contribution in [0, 0.1) is 0 Å². The zero-order valence-corrected chi connectivity index (χ0v) is 12.6. The van der Waals surface area contributed by atoms with E-state index in [4.69, 9.17) is 0 Å². The van der Waals surface area contributed by atoms with Crippen molar-refractivity contribution in [3.63, 3.8) is 0 Å². The van der Waals surface area contributed by atoms with Crippen LogP contribution in [0.2, 0.25) is 0 Å². The molecule has 1 aromatic rings. The Morgan fingerprint density at radius 1 is 1.28 bits per heavy atom. The van der Waals surface area contributed by atoms with Crippen LogP contribution in [0.25, 0.3) is 0 Å². The lowest BCUT2D eigenvalue weighted by Gasteiger charge is -2.28. The molecule has 102 valence electrons. The van der Waals surface area contributed by atoms with Crippen molar-refractivity contribution < 1.29 is 4.21 Å². The van der Waals surface area contributed by atoms with E-state index < -0.39 is 10.8 Å². The van der Waals surface area contributed by atoms with Crippen LogP contribution in [-0.4, -0.2) is 33.7 Å². The van der Waals surface area contributed by atoms with E-state index in [9.17, 15) is 4.21 Å². The van der Waals surface area contributed by atoms with Gasteiger partial charge in [-0.05, 0) is 30.5 Å². The Labute approximate surface area is 119 Å². The second-order valence-corrected chi connectivity index (χ2v) is 6.45. The van der Waals surface area contributed by atoms with Crippen molar-refractivity contribution in [3.8, 4) is 0 Å². The second kappa shape index (κ2) is 7.93. The fraction of sp³-hybridized carbons (Fsp3) is 0.571. The maximum atomic E-state index is 11.3. The molecule has 0 bridgehead atoms. The number of nitrogens with zero attached hydrogens (tertiary/aromatic N) is 1. The molecule has 0 aromatic heterocycles. The monoisotopic (exact) mass is 287 g/mol. The van der Waals surface area contributed by atoms with Gasteiger partial charge in [-0.25, -0.2) is 0 Å². The Bertz CT molecular complexity index is 397. The molecule has 0 spiro atoms. The number of hydrogen-bond acceptors (Lipinski definition) is 2. The first-order valence-electron chi connectivity index (χ1n) is 6.43. The van der Waals surface area contributed by atoms with Gasteiger partial charge in [-0.1, -0.05) is 31.2 Å². The third kappa shape index (κ3) is 4.38. The summed E-state index contributed by atoms with van der Waals surface area (Å²) in [5.74, 6) is 1.65. The lowest BCUT2D eigenvalue weighted by atomic mass is 10.00. The third-order valence-electron chi connectivity index (χ3n) is 3.38. The van der Waals surface area contributed by atoms with Gasteiger partial charge >= 0.3 is 0 Å². The molecular formula is C14H22ClNOS. The van der Waals surface area contributed by atoms with Crippen LogP contribution in [0.1, 0.15) is 24.5 Å². The van der Waals surface area contributed by atoms with Gasteiger partial charge in [-0.15, -0.1) is 12.4 Å². The highest BCUT2D eigenvalue weighted by atomic mass is 35.5. The van der Waals surface area contributed by atoms with Crippen molar-refractivity contribution in [2.24, 2.45) is 0 Å². The van der Waals surface area contributed by atoms with Crippen LogP contribution >= 0.6 is 12.4 Å². The zero-order valence-electron chi connectivity index (χ0n) is 10.9. The zero-order chi connectivity index (χ0) is 12.1. The summed E-state index contributed by atoms with van der Waals surface area (Å²) in [4.78, 5) is 2.48. The predicted molar refractivity (Wildman–Crippen MR) is 80.8 cm³/mol. The summed E-state index contributed by atoms with van der Waals surface area (Å²) in [6.45, 7) is 5.29. The molecule has 1 heterocycles. The van der Waals surface area contributed by atoms with Crippen molar-refractivity contribution in [1.29, 1.82) is 0 Å². The van der Waals surface area contributed by atoms with Gasteiger partial charge in [-0.2, -0.15) is 0 Å². The summed E-state index contributed by atoms with van der Waals surface area (Å²) in [5, 5.41) is 0. The van der Waals surface area contributed by atoms with Crippen LogP contribution in [0.4, 0.5) is 0 Å². The van der Waals surface area contributed by atoms with Crippen LogP contribution in [0.3, 0.4) is 0 Å². The highest BCUT2D eigenvalue weighted by Gasteiger charge is 2.14. The molecule has 0 N–H and O–H groups in total. The van der Waals surface area contributed by atoms with Crippen molar-refractivity contribution in [3.05, 3.63) is 35.4 Å². The third-order valence-corrected chi connectivity index (χ3v) is 4.77. The molecule has 2 nitrogen and oxygen atoms in total. The molecule has 0 amide bonds. The van der Waals surface area contributed by atoms with E-state index in [2.05, 4.69) is 29.2 Å². The van der Waals surface area contributed by atoms with Crippen LogP contribution in [-0.2, 0) is 23.8 Å². The number of rotatable bonds is 5. The summed E-state index contributed by atoms with van der Waals surface area (Å²) < 4.78 is 11.3. The van der Waals surface area contributed by atoms with E-state index in [0.29, 0.717) is 0 Å². The first kappa shape index (κ1) is 15.7. The molecule has 1 aliphatic heterocycles. The molecule has 1 atom stereocenters. The highest BCUT2D eigenvalue weighted by Crippen LogP contribution is 2.18. The van der Waals surface area contributed by atoms with Gasteiger partial charge in [-0.3, -0.25) is 9.11 Å². The SMILES string of the molecule is CCS(=O)CCCN1CCc2ccccc2C1.Cl. The van der Waals surface area contributed by atoms with Gasteiger partial charge in [0.2, 0.25) is 0 Å². The quantitative estimate of drug-likeness (QED) is 0.830. The molecule has 1 unspecified atom stereocenters. The van der Waals surface area contributed by atoms with Gasteiger partial charge in [0.25, 0.3) is 0 Å². The van der Waals surface area contributed by atoms with E-state index in [-0.39, 0.29) is 12.4 Å². The van der Waals surface area contributed by atoms with Crippen molar-refractivity contribution in [2.75, 3.05) is 24.6 Å². The molecule has 0 saturated heterocycles. The molecule has 1 aromatic carbocycles. The summed E-state index contributed by atoms with van der Waals surface area (Å²) in [6.07, 6.45) is 2.22.